The quantitative estimate of drug-likeness (QED) is 0.844. The van der Waals surface area contributed by atoms with Crippen LogP contribution in [-0.4, -0.2) is 22.1 Å². The molecule has 17 heavy (non-hydrogen) atoms. The lowest BCUT2D eigenvalue weighted by molar-refractivity contribution is 0.0697. The maximum absolute atomic E-state index is 11.1. The van der Waals surface area contributed by atoms with Crippen LogP contribution in [0.4, 0.5) is 5.69 Å². The molecule has 1 aliphatic carbocycles. The predicted molar refractivity (Wildman–Crippen MR) is 66.2 cm³/mol. The van der Waals surface area contributed by atoms with Gasteiger partial charge >= 0.3 is 5.97 Å². The molecule has 1 fully saturated rings. The van der Waals surface area contributed by atoms with Gasteiger partial charge in [0.05, 0.1) is 17.4 Å². The van der Waals surface area contributed by atoms with Crippen LogP contribution in [0.25, 0.3) is 0 Å². The van der Waals surface area contributed by atoms with Crippen molar-refractivity contribution < 1.29 is 9.90 Å². The Hall–Kier alpha value is -1.58. The molecule has 0 radical (unpaired) electrons. The molecule has 0 aliphatic heterocycles. The zero-order valence-electron chi connectivity index (χ0n) is 10.0. The second-order valence-corrected chi connectivity index (χ2v) is 4.74. The molecule has 2 unspecified atom stereocenters. The van der Waals surface area contributed by atoms with Gasteiger partial charge in [0.25, 0.3) is 0 Å². The highest BCUT2D eigenvalue weighted by Gasteiger charge is 2.22. The third-order valence-corrected chi connectivity index (χ3v) is 3.50. The van der Waals surface area contributed by atoms with Crippen LogP contribution in [0.15, 0.2) is 18.5 Å². The van der Waals surface area contributed by atoms with E-state index >= 15 is 0 Å². The van der Waals surface area contributed by atoms with E-state index in [1.807, 2.05) is 0 Å². The fourth-order valence-electron chi connectivity index (χ4n) is 2.43. The highest BCUT2D eigenvalue weighted by Crippen LogP contribution is 2.27. The molecule has 1 heterocycles. The number of carbonyl (C=O) groups is 1. The number of nitrogens with zero attached hydrogens (tertiary/aromatic N) is 1. The van der Waals surface area contributed by atoms with Gasteiger partial charge in [0, 0.05) is 12.2 Å². The lowest BCUT2D eigenvalue weighted by Crippen LogP contribution is -2.31. The summed E-state index contributed by atoms with van der Waals surface area (Å²) in [6, 6.07) is 1.91. The highest BCUT2D eigenvalue weighted by atomic mass is 16.4. The van der Waals surface area contributed by atoms with Crippen molar-refractivity contribution in [3.8, 4) is 0 Å². The molecule has 0 spiro atoms. The topological polar surface area (TPSA) is 62.2 Å². The first-order valence-corrected chi connectivity index (χ1v) is 6.12. The summed E-state index contributed by atoms with van der Waals surface area (Å²) in [6.07, 6.45) is 7.92. The minimum atomic E-state index is -0.904. The molecule has 1 saturated carbocycles. The number of hydrogen-bond acceptors (Lipinski definition) is 3. The Morgan fingerprint density at radius 2 is 2.24 bits per heavy atom. The predicted octanol–water partition coefficient (Wildman–Crippen LogP) is 2.77. The van der Waals surface area contributed by atoms with E-state index < -0.39 is 5.97 Å². The van der Waals surface area contributed by atoms with Gasteiger partial charge in [0.2, 0.25) is 0 Å². The first kappa shape index (κ1) is 11.9. The van der Waals surface area contributed by atoms with Crippen LogP contribution < -0.4 is 5.32 Å². The Kier molecular flexibility index (Phi) is 3.61. The lowest BCUT2D eigenvalue weighted by atomic mass is 9.86. The summed E-state index contributed by atoms with van der Waals surface area (Å²) in [7, 11) is 0. The Morgan fingerprint density at radius 1 is 1.47 bits per heavy atom. The van der Waals surface area contributed by atoms with E-state index in [0.717, 1.165) is 6.42 Å². The normalized spacial score (nSPS) is 24.3. The summed E-state index contributed by atoms with van der Waals surface area (Å²) < 4.78 is 0. The van der Waals surface area contributed by atoms with Crippen molar-refractivity contribution in [3.05, 3.63) is 24.0 Å². The summed E-state index contributed by atoms with van der Waals surface area (Å²) in [5.74, 6) is -0.316. The van der Waals surface area contributed by atoms with Crippen molar-refractivity contribution in [1.29, 1.82) is 0 Å². The molecule has 0 aromatic carbocycles. The van der Waals surface area contributed by atoms with Gasteiger partial charge in [-0.15, -0.1) is 0 Å². The smallest absolute Gasteiger partial charge is 0.337 e. The van der Waals surface area contributed by atoms with E-state index in [9.17, 15) is 4.79 Å². The van der Waals surface area contributed by atoms with E-state index in [1.54, 1.807) is 6.20 Å². The van der Waals surface area contributed by atoms with Crippen molar-refractivity contribution >= 4 is 11.7 Å². The van der Waals surface area contributed by atoms with Crippen LogP contribution in [0.1, 0.15) is 43.0 Å². The Labute approximate surface area is 101 Å². The molecule has 4 heteroatoms. The molecule has 1 aromatic heterocycles. The largest absolute Gasteiger partial charge is 0.478 e. The summed E-state index contributed by atoms with van der Waals surface area (Å²) in [4.78, 5) is 15.1. The maximum Gasteiger partial charge on any atom is 0.337 e. The minimum absolute atomic E-state index is 0.303. The number of aromatic nitrogens is 1. The second kappa shape index (κ2) is 5.17. The van der Waals surface area contributed by atoms with Crippen LogP contribution in [0.2, 0.25) is 0 Å². The van der Waals surface area contributed by atoms with Gasteiger partial charge in [-0.1, -0.05) is 19.8 Å². The molecule has 2 atom stereocenters. The summed E-state index contributed by atoms with van der Waals surface area (Å²) in [5.41, 5.74) is 0.941. The van der Waals surface area contributed by atoms with Crippen molar-refractivity contribution in [3.63, 3.8) is 0 Å². The van der Waals surface area contributed by atoms with Crippen LogP contribution >= 0.6 is 0 Å². The lowest BCUT2D eigenvalue weighted by Gasteiger charge is -2.30. The van der Waals surface area contributed by atoms with E-state index in [1.165, 1.54) is 31.5 Å². The molecule has 0 saturated heterocycles. The maximum atomic E-state index is 11.1. The summed E-state index contributed by atoms with van der Waals surface area (Å²) >= 11 is 0. The van der Waals surface area contributed by atoms with Gasteiger partial charge in [-0.3, -0.25) is 4.98 Å². The third kappa shape index (κ3) is 2.75. The number of nitrogens with one attached hydrogen (secondary N) is 1. The standard InChI is InChI=1S/C13H18N2O2/c1-9-4-2-3-5-11(9)15-12-8-14-7-6-10(12)13(16)17/h6-9,11,15H,2-5H2,1H3,(H,16,17). The highest BCUT2D eigenvalue weighted by molar-refractivity contribution is 5.93. The second-order valence-electron chi connectivity index (χ2n) is 4.74. The average Bonchev–Trinajstić information content (AvgIpc) is 2.32. The van der Waals surface area contributed by atoms with Crippen LogP contribution in [0.3, 0.4) is 0 Å². The number of anilines is 1. The zero-order valence-corrected chi connectivity index (χ0v) is 10.0. The first-order chi connectivity index (χ1) is 8.18. The van der Waals surface area contributed by atoms with Gasteiger partial charge in [-0.2, -0.15) is 0 Å². The Bertz CT molecular complexity index is 406. The fourth-order valence-corrected chi connectivity index (χ4v) is 2.43. The number of aromatic carboxylic acids is 1. The number of hydrogen-bond donors (Lipinski definition) is 2. The van der Waals surface area contributed by atoms with Gasteiger partial charge in [-0.25, -0.2) is 4.79 Å². The van der Waals surface area contributed by atoms with Gasteiger partial charge in [-0.05, 0) is 24.8 Å². The number of rotatable bonds is 3. The Balaban J connectivity index is 2.14. The molecule has 92 valence electrons. The van der Waals surface area contributed by atoms with Crippen LogP contribution in [-0.2, 0) is 0 Å². The van der Waals surface area contributed by atoms with Crippen LogP contribution in [0, 0.1) is 5.92 Å². The Morgan fingerprint density at radius 3 is 2.94 bits per heavy atom. The number of carboxylic acid groups (broad SMARTS) is 1. The van der Waals surface area contributed by atoms with E-state index in [2.05, 4.69) is 17.2 Å². The molecular formula is C13H18N2O2. The SMILES string of the molecule is CC1CCCCC1Nc1cnccc1C(=O)O. The van der Waals surface area contributed by atoms with Crippen molar-refractivity contribution in [2.45, 2.75) is 38.6 Å². The fraction of sp³-hybridized carbons (Fsp3) is 0.538. The molecule has 4 nitrogen and oxygen atoms in total. The molecule has 0 amide bonds. The first-order valence-electron chi connectivity index (χ1n) is 6.12. The van der Waals surface area contributed by atoms with Crippen molar-refractivity contribution in [2.75, 3.05) is 5.32 Å². The average molecular weight is 234 g/mol. The molecule has 0 bridgehead atoms. The monoisotopic (exact) mass is 234 g/mol. The number of pyridine rings is 1. The zero-order chi connectivity index (χ0) is 12.3. The van der Waals surface area contributed by atoms with Gasteiger partial charge in [0.15, 0.2) is 0 Å². The van der Waals surface area contributed by atoms with Crippen molar-refractivity contribution in [2.24, 2.45) is 5.92 Å². The molecule has 2 rings (SSSR count). The van der Waals surface area contributed by atoms with Gasteiger partial charge < -0.3 is 10.4 Å². The number of carboxylic acids is 1. The molecule has 1 aliphatic rings. The van der Waals surface area contributed by atoms with Gasteiger partial charge in [0.1, 0.15) is 0 Å². The third-order valence-electron chi connectivity index (χ3n) is 3.50. The van der Waals surface area contributed by atoms with Crippen molar-refractivity contribution in [1.82, 2.24) is 4.98 Å². The molecule has 2 N–H and O–H groups in total. The molecule has 1 aromatic rings. The minimum Gasteiger partial charge on any atom is -0.478 e. The molecular weight excluding hydrogens is 216 g/mol. The van der Waals surface area contributed by atoms with E-state index in [4.69, 9.17) is 5.11 Å². The van der Waals surface area contributed by atoms with E-state index in [0.29, 0.717) is 23.2 Å². The van der Waals surface area contributed by atoms with E-state index in [-0.39, 0.29) is 0 Å². The summed E-state index contributed by atoms with van der Waals surface area (Å²) in [6.45, 7) is 2.22. The summed E-state index contributed by atoms with van der Waals surface area (Å²) in [5, 5.41) is 12.4. The van der Waals surface area contributed by atoms with Crippen LogP contribution in [0.5, 0.6) is 0 Å².